The summed E-state index contributed by atoms with van der Waals surface area (Å²) >= 11 is 0. The molecule has 1 aromatic rings. The van der Waals surface area contributed by atoms with Gasteiger partial charge in [-0.15, -0.1) is 0 Å². The lowest BCUT2D eigenvalue weighted by atomic mass is 9.98. The fourth-order valence-corrected chi connectivity index (χ4v) is 2.00. The van der Waals surface area contributed by atoms with Crippen LogP contribution in [0.4, 0.5) is 10.1 Å². The lowest BCUT2D eigenvalue weighted by Crippen LogP contribution is -2.35. The highest BCUT2D eigenvalue weighted by atomic mass is 19.1. The molecule has 2 rings (SSSR count). The number of rotatable bonds is 3. The van der Waals surface area contributed by atoms with Gasteiger partial charge in [-0.2, -0.15) is 0 Å². The maximum Gasteiger partial charge on any atom is 0.123 e. The molecule has 0 radical (unpaired) electrons. The third-order valence-electron chi connectivity index (χ3n) is 2.83. The van der Waals surface area contributed by atoms with Crippen LogP contribution < -0.4 is 10.6 Å². The van der Waals surface area contributed by atoms with E-state index in [2.05, 4.69) is 17.6 Å². The number of halogens is 1. The maximum absolute atomic E-state index is 13.0. The predicted molar refractivity (Wildman–Crippen MR) is 60.7 cm³/mol. The number of likely N-dealkylation sites (N-methyl/N-ethyl adjacent to an activating group) is 1. The average Bonchev–Trinajstić information content (AvgIpc) is 2.26. The van der Waals surface area contributed by atoms with Crippen molar-refractivity contribution < 1.29 is 4.39 Å². The molecule has 0 aliphatic carbocycles. The molecule has 0 fully saturated rings. The first-order valence-corrected chi connectivity index (χ1v) is 5.55. The first-order valence-electron chi connectivity index (χ1n) is 5.55. The smallest absolute Gasteiger partial charge is 0.123 e. The van der Waals surface area contributed by atoms with Gasteiger partial charge in [0.25, 0.3) is 0 Å². The highest BCUT2D eigenvalue weighted by Gasteiger charge is 2.17. The number of hydrogen-bond donors (Lipinski definition) is 2. The van der Waals surface area contributed by atoms with Crippen LogP contribution in [-0.4, -0.2) is 19.1 Å². The van der Waals surface area contributed by atoms with Crippen LogP contribution in [0.3, 0.4) is 0 Å². The van der Waals surface area contributed by atoms with E-state index >= 15 is 0 Å². The van der Waals surface area contributed by atoms with Gasteiger partial charge in [-0.1, -0.05) is 6.92 Å². The first kappa shape index (κ1) is 10.4. The highest BCUT2D eigenvalue weighted by Crippen LogP contribution is 2.25. The summed E-state index contributed by atoms with van der Waals surface area (Å²) in [7, 11) is 0. The van der Waals surface area contributed by atoms with Crippen molar-refractivity contribution in [3.63, 3.8) is 0 Å². The lowest BCUT2D eigenvalue weighted by molar-refractivity contribution is 0.566. The van der Waals surface area contributed by atoms with Gasteiger partial charge in [0.1, 0.15) is 5.82 Å². The Morgan fingerprint density at radius 2 is 2.40 bits per heavy atom. The SMILES string of the molecule is CCNCC1CCc2cc(F)ccc2N1. The zero-order chi connectivity index (χ0) is 10.7. The predicted octanol–water partition coefficient (Wildman–Crippen LogP) is 2.16. The molecule has 3 heteroatoms. The normalized spacial score (nSPS) is 19.5. The monoisotopic (exact) mass is 208 g/mol. The van der Waals surface area contributed by atoms with E-state index in [9.17, 15) is 4.39 Å². The quantitative estimate of drug-likeness (QED) is 0.795. The van der Waals surface area contributed by atoms with Crippen molar-refractivity contribution >= 4 is 5.69 Å². The minimum atomic E-state index is -0.138. The van der Waals surface area contributed by atoms with Gasteiger partial charge in [0.15, 0.2) is 0 Å². The van der Waals surface area contributed by atoms with Gasteiger partial charge >= 0.3 is 0 Å². The van der Waals surface area contributed by atoms with Gasteiger partial charge in [0.05, 0.1) is 0 Å². The molecule has 0 aromatic heterocycles. The van der Waals surface area contributed by atoms with Crippen molar-refractivity contribution in [1.29, 1.82) is 0 Å². The Bertz CT molecular complexity index is 338. The Kier molecular flexibility index (Phi) is 3.21. The van der Waals surface area contributed by atoms with Crippen molar-refractivity contribution in [2.24, 2.45) is 0 Å². The fraction of sp³-hybridized carbons (Fsp3) is 0.500. The Hall–Kier alpha value is -1.09. The van der Waals surface area contributed by atoms with Crippen LogP contribution in [0.5, 0.6) is 0 Å². The summed E-state index contributed by atoms with van der Waals surface area (Å²) in [5, 5.41) is 6.75. The average molecular weight is 208 g/mol. The van der Waals surface area contributed by atoms with E-state index in [0.29, 0.717) is 6.04 Å². The zero-order valence-corrected chi connectivity index (χ0v) is 9.02. The molecule has 0 saturated carbocycles. The molecule has 1 aliphatic heterocycles. The second-order valence-electron chi connectivity index (χ2n) is 3.99. The number of fused-ring (bicyclic) bond motifs is 1. The Morgan fingerprint density at radius 3 is 3.20 bits per heavy atom. The van der Waals surface area contributed by atoms with Crippen LogP contribution in [0, 0.1) is 5.82 Å². The summed E-state index contributed by atoms with van der Waals surface area (Å²) in [6.45, 7) is 4.08. The number of nitrogens with one attached hydrogen (secondary N) is 2. The zero-order valence-electron chi connectivity index (χ0n) is 9.02. The molecule has 2 nitrogen and oxygen atoms in total. The second kappa shape index (κ2) is 4.62. The molecule has 1 heterocycles. The number of benzene rings is 1. The van der Waals surface area contributed by atoms with E-state index in [0.717, 1.165) is 37.2 Å². The van der Waals surface area contributed by atoms with Crippen LogP contribution in [0.15, 0.2) is 18.2 Å². The topological polar surface area (TPSA) is 24.1 Å². The Labute approximate surface area is 89.9 Å². The summed E-state index contributed by atoms with van der Waals surface area (Å²) in [6, 6.07) is 5.46. The van der Waals surface area contributed by atoms with E-state index < -0.39 is 0 Å². The van der Waals surface area contributed by atoms with Crippen LogP contribution >= 0.6 is 0 Å². The number of aryl methyl sites for hydroxylation is 1. The van der Waals surface area contributed by atoms with Crippen LogP contribution in [-0.2, 0) is 6.42 Å². The molecule has 0 amide bonds. The van der Waals surface area contributed by atoms with Crippen LogP contribution in [0.1, 0.15) is 18.9 Å². The summed E-state index contributed by atoms with van der Waals surface area (Å²) in [4.78, 5) is 0. The molecule has 0 bridgehead atoms. The minimum absolute atomic E-state index is 0.138. The van der Waals surface area contributed by atoms with Crippen molar-refractivity contribution in [1.82, 2.24) is 5.32 Å². The third kappa shape index (κ3) is 2.48. The Balaban J connectivity index is 2.03. The van der Waals surface area contributed by atoms with Crippen molar-refractivity contribution in [3.8, 4) is 0 Å². The Morgan fingerprint density at radius 1 is 1.53 bits per heavy atom. The van der Waals surface area contributed by atoms with Gasteiger partial charge in [-0.25, -0.2) is 4.39 Å². The third-order valence-corrected chi connectivity index (χ3v) is 2.83. The summed E-state index contributed by atoms with van der Waals surface area (Å²) in [5.74, 6) is -0.138. The van der Waals surface area contributed by atoms with Gasteiger partial charge in [0, 0.05) is 18.3 Å². The van der Waals surface area contributed by atoms with Gasteiger partial charge in [-0.3, -0.25) is 0 Å². The maximum atomic E-state index is 13.0. The van der Waals surface area contributed by atoms with E-state index in [-0.39, 0.29) is 5.82 Å². The summed E-state index contributed by atoms with van der Waals surface area (Å²) in [6.07, 6.45) is 2.04. The van der Waals surface area contributed by atoms with Gasteiger partial charge in [0.2, 0.25) is 0 Å². The molecule has 1 aliphatic rings. The summed E-state index contributed by atoms with van der Waals surface area (Å²) < 4.78 is 13.0. The first-order chi connectivity index (χ1) is 7.29. The number of anilines is 1. The molecule has 1 unspecified atom stereocenters. The molecular formula is C12H17FN2. The largest absolute Gasteiger partial charge is 0.381 e. The highest BCUT2D eigenvalue weighted by molar-refractivity contribution is 5.54. The fourth-order valence-electron chi connectivity index (χ4n) is 2.00. The minimum Gasteiger partial charge on any atom is -0.381 e. The van der Waals surface area contributed by atoms with E-state index in [1.54, 1.807) is 6.07 Å². The van der Waals surface area contributed by atoms with Gasteiger partial charge < -0.3 is 10.6 Å². The van der Waals surface area contributed by atoms with Crippen LogP contribution in [0.2, 0.25) is 0 Å². The molecule has 0 spiro atoms. The molecule has 1 atom stereocenters. The number of hydrogen-bond acceptors (Lipinski definition) is 2. The molecular weight excluding hydrogens is 191 g/mol. The molecule has 2 N–H and O–H groups in total. The van der Waals surface area contributed by atoms with E-state index in [1.807, 2.05) is 6.07 Å². The van der Waals surface area contributed by atoms with Crippen molar-refractivity contribution in [2.45, 2.75) is 25.8 Å². The molecule has 0 saturated heterocycles. The summed E-state index contributed by atoms with van der Waals surface area (Å²) in [5.41, 5.74) is 2.19. The van der Waals surface area contributed by atoms with E-state index in [4.69, 9.17) is 0 Å². The molecule has 15 heavy (non-hydrogen) atoms. The second-order valence-corrected chi connectivity index (χ2v) is 3.99. The van der Waals surface area contributed by atoms with Gasteiger partial charge in [-0.05, 0) is 43.1 Å². The standard InChI is InChI=1S/C12H17FN2/c1-2-14-8-11-5-3-9-7-10(13)4-6-12(9)15-11/h4,6-7,11,14-15H,2-3,5,8H2,1H3. The van der Waals surface area contributed by atoms with Crippen molar-refractivity contribution in [3.05, 3.63) is 29.6 Å². The molecule has 1 aromatic carbocycles. The van der Waals surface area contributed by atoms with Crippen molar-refractivity contribution in [2.75, 3.05) is 18.4 Å². The van der Waals surface area contributed by atoms with E-state index in [1.165, 1.54) is 6.07 Å². The molecule has 82 valence electrons. The lowest BCUT2D eigenvalue weighted by Gasteiger charge is -2.27. The van der Waals surface area contributed by atoms with Crippen LogP contribution in [0.25, 0.3) is 0 Å².